The Morgan fingerprint density at radius 3 is 2.28 bits per heavy atom. The van der Waals surface area contributed by atoms with Gasteiger partial charge in [0, 0.05) is 34.4 Å². The largest absolute Gasteiger partial charge is 0.417 e. The number of anilines is 2. The molecule has 1 aliphatic heterocycles. The minimum absolute atomic E-state index is 0.121. The topological polar surface area (TPSA) is 49.8 Å². The number of hydrogen-bond acceptors (Lipinski definition) is 4. The molecule has 1 aliphatic rings. The normalized spacial score (nSPS) is 14.0. The number of rotatable bonds is 3. The highest BCUT2D eigenvalue weighted by Gasteiger charge is 2.35. The van der Waals surface area contributed by atoms with Crippen LogP contribution < -0.4 is 10.6 Å². The first-order valence-electron chi connectivity index (χ1n) is 10.9. The van der Waals surface area contributed by atoms with Gasteiger partial charge in [0.05, 0.1) is 16.6 Å². The van der Waals surface area contributed by atoms with Crippen molar-refractivity contribution in [2.45, 2.75) is 19.3 Å². The quantitative estimate of drug-likeness (QED) is 0.285. The Balaban J connectivity index is 1.65. The molecule has 0 amide bonds. The molecule has 0 saturated carbocycles. The third-order valence-corrected chi connectivity index (χ3v) is 5.91. The standard InChI is InChI=1S/C26H18F6N4/c1-14-13-33-21-12-15(25(27,28)29)10-11-17(21)22(14)35-24-18-7-3-5-9-20(18)34-23(36-24)16-6-2-4-8-19(16)26(30,31)32/h2-12,33H,13H2,1H3,(H,34,35,36). The zero-order chi connectivity index (χ0) is 25.7. The van der Waals surface area contributed by atoms with E-state index in [4.69, 9.17) is 0 Å². The van der Waals surface area contributed by atoms with Crippen LogP contribution in [0, 0.1) is 0 Å². The Kier molecular flexibility index (Phi) is 5.61. The lowest BCUT2D eigenvalue weighted by Crippen LogP contribution is -2.18. The highest BCUT2D eigenvalue weighted by Crippen LogP contribution is 2.40. The molecule has 36 heavy (non-hydrogen) atoms. The molecule has 5 rings (SSSR count). The van der Waals surface area contributed by atoms with Crippen LogP contribution in [0.4, 0.5) is 37.8 Å². The average Bonchev–Trinajstić information content (AvgIpc) is 2.84. The van der Waals surface area contributed by atoms with Crippen LogP contribution in [-0.4, -0.2) is 16.5 Å². The van der Waals surface area contributed by atoms with Crippen molar-refractivity contribution in [3.63, 3.8) is 0 Å². The van der Waals surface area contributed by atoms with Gasteiger partial charge in [-0.05, 0) is 42.8 Å². The molecular weight excluding hydrogens is 482 g/mol. The molecule has 0 saturated heterocycles. The van der Waals surface area contributed by atoms with E-state index in [0.29, 0.717) is 27.9 Å². The van der Waals surface area contributed by atoms with Gasteiger partial charge in [0.25, 0.3) is 0 Å². The van der Waals surface area contributed by atoms with E-state index in [-0.39, 0.29) is 23.8 Å². The molecular formula is C26H18F6N4. The summed E-state index contributed by atoms with van der Waals surface area (Å²) in [5, 5.41) is 6.72. The molecule has 4 nitrogen and oxygen atoms in total. The summed E-state index contributed by atoms with van der Waals surface area (Å²) in [7, 11) is 0. The lowest BCUT2D eigenvalue weighted by Gasteiger charge is -2.25. The minimum Gasteiger partial charge on any atom is -0.381 e. The van der Waals surface area contributed by atoms with Crippen LogP contribution in [0.2, 0.25) is 0 Å². The number of hydrogen-bond donors (Lipinski definition) is 2. The molecule has 0 spiro atoms. The molecule has 0 radical (unpaired) electrons. The van der Waals surface area contributed by atoms with Gasteiger partial charge in [0.1, 0.15) is 5.82 Å². The van der Waals surface area contributed by atoms with Gasteiger partial charge in [-0.2, -0.15) is 26.3 Å². The second kappa shape index (κ2) is 8.54. The zero-order valence-electron chi connectivity index (χ0n) is 18.7. The van der Waals surface area contributed by atoms with E-state index in [1.165, 1.54) is 24.3 Å². The fraction of sp³-hybridized carbons (Fsp3) is 0.154. The maximum absolute atomic E-state index is 13.7. The Bertz CT molecular complexity index is 1500. The van der Waals surface area contributed by atoms with E-state index in [9.17, 15) is 26.3 Å². The van der Waals surface area contributed by atoms with Gasteiger partial charge in [-0.3, -0.25) is 0 Å². The Hall–Kier alpha value is -4.08. The molecule has 0 atom stereocenters. The van der Waals surface area contributed by atoms with Crippen LogP contribution in [0.15, 0.2) is 72.3 Å². The van der Waals surface area contributed by atoms with Crippen LogP contribution in [0.3, 0.4) is 0 Å². The second-order valence-corrected chi connectivity index (χ2v) is 8.35. The Morgan fingerprint density at radius 2 is 1.53 bits per heavy atom. The first kappa shape index (κ1) is 23.7. The summed E-state index contributed by atoms with van der Waals surface area (Å²) in [4.78, 5) is 8.82. The van der Waals surface area contributed by atoms with Crippen molar-refractivity contribution in [2.24, 2.45) is 0 Å². The summed E-state index contributed by atoms with van der Waals surface area (Å²) in [5.41, 5.74) is 0.690. The van der Waals surface area contributed by atoms with Crippen LogP contribution in [0.5, 0.6) is 0 Å². The molecule has 1 aromatic heterocycles. The first-order chi connectivity index (χ1) is 17.0. The van der Waals surface area contributed by atoms with Crippen LogP contribution in [-0.2, 0) is 12.4 Å². The predicted molar refractivity (Wildman–Crippen MR) is 126 cm³/mol. The molecule has 10 heteroatoms. The van der Waals surface area contributed by atoms with Crippen LogP contribution in [0.25, 0.3) is 28.0 Å². The maximum Gasteiger partial charge on any atom is 0.417 e. The number of para-hydroxylation sites is 1. The summed E-state index contributed by atoms with van der Waals surface area (Å²) in [6, 6.07) is 15.3. The molecule has 3 aromatic carbocycles. The number of aromatic nitrogens is 2. The van der Waals surface area contributed by atoms with Gasteiger partial charge in [-0.25, -0.2) is 9.97 Å². The lowest BCUT2D eigenvalue weighted by molar-refractivity contribution is -0.138. The summed E-state index contributed by atoms with van der Waals surface area (Å²) < 4.78 is 80.7. The smallest absolute Gasteiger partial charge is 0.381 e. The maximum atomic E-state index is 13.7. The summed E-state index contributed by atoms with van der Waals surface area (Å²) in [5.74, 6) is 0.124. The third kappa shape index (κ3) is 4.34. The molecule has 2 N–H and O–H groups in total. The predicted octanol–water partition coefficient (Wildman–Crippen LogP) is 7.60. The van der Waals surface area contributed by atoms with Crippen molar-refractivity contribution in [1.82, 2.24) is 9.97 Å². The number of nitrogens with one attached hydrogen (secondary N) is 2. The van der Waals surface area contributed by atoms with Crippen molar-refractivity contribution in [2.75, 3.05) is 17.2 Å². The number of alkyl halides is 6. The molecule has 0 fully saturated rings. The van der Waals surface area contributed by atoms with Gasteiger partial charge in [0.2, 0.25) is 0 Å². The van der Waals surface area contributed by atoms with Crippen molar-refractivity contribution in [1.29, 1.82) is 0 Å². The molecule has 4 aromatic rings. The third-order valence-electron chi connectivity index (χ3n) is 5.91. The molecule has 2 heterocycles. The van der Waals surface area contributed by atoms with Gasteiger partial charge in [-0.15, -0.1) is 0 Å². The highest BCUT2D eigenvalue weighted by atomic mass is 19.4. The minimum atomic E-state index is -4.61. The van der Waals surface area contributed by atoms with E-state index >= 15 is 0 Å². The van der Waals surface area contributed by atoms with Crippen molar-refractivity contribution in [3.8, 4) is 11.4 Å². The second-order valence-electron chi connectivity index (χ2n) is 8.35. The van der Waals surface area contributed by atoms with Crippen LogP contribution >= 0.6 is 0 Å². The highest BCUT2D eigenvalue weighted by molar-refractivity contribution is 5.97. The van der Waals surface area contributed by atoms with Gasteiger partial charge in [-0.1, -0.05) is 36.4 Å². The Morgan fingerprint density at radius 1 is 0.806 bits per heavy atom. The average molecular weight is 500 g/mol. The van der Waals surface area contributed by atoms with Crippen molar-refractivity contribution in [3.05, 3.63) is 89.0 Å². The molecule has 0 bridgehead atoms. The molecule has 0 unspecified atom stereocenters. The van der Waals surface area contributed by atoms with E-state index < -0.39 is 23.5 Å². The fourth-order valence-electron chi connectivity index (χ4n) is 4.14. The Labute approximate surface area is 201 Å². The monoisotopic (exact) mass is 500 g/mol. The van der Waals surface area contributed by atoms with Crippen molar-refractivity contribution >= 4 is 28.1 Å². The number of fused-ring (bicyclic) bond motifs is 2. The van der Waals surface area contributed by atoms with Crippen LogP contribution in [0.1, 0.15) is 23.6 Å². The molecule has 184 valence electrons. The SMILES string of the molecule is CC1=C(Nc2nc(-c3ccccc3C(F)(F)F)nc3ccccc23)c2ccc(C(F)(F)F)cc2NC1. The van der Waals surface area contributed by atoms with Crippen molar-refractivity contribution < 1.29 is 26.3 Å². The van der Waals surface area contributed by atoms with E-state index in [0.717, 1.165) is 23.8 Å². The lowest BCUT2D eigenvalue weighted by atomic mass is 9.98. The number of halogens is 6. The molecule has 0 aliphatic carbocycles. The summed E-state index contributed by atoms with van der Waals surface area (Å²) in [6.45, 7) is 2.09. The summed E-state index contributed by atoms with van der Waals surface area (Å²) >= 11 is 0. The first-order valence-corrected chi connectivity index (χ1v) is 10.9. The number of benzene rings is 3. The van der Waals surface area contributed by atoms with Gasteiger partial charge >= 0.3 is 12.4 Å². The fourth-order valence-corrected chi connectivity index (χ4v) is 4.14. The zero-order valence-corrected chi connectivity index (χ0v) is 18.7. The van der Waals surface area contributed by atoms with E-state index in [1.807, 2.05) is 0 Å². The van der Waals surface area contributed by atoms with E-state index in [1.54, 1.807) is 31.2 Å². The van der Waals surface area contributed by atoms with E-state index in [2.05, 4.69) is 20.6 Å². The van der Waals surface area contributed by atoms with Gasteiger partial charge < -0.3 is 10.6 Å². The summed E-state index contributed by atoms with van der Waals surface area (Å²) in [6.07, 6.45) is -9.10. The number of nitrogens with zero attached hydrogens (tertiary/aromatic N) is 2. The van der Waals surface area contributed by atoms with Gasteiger partial charge in [0.15, 0.2) is 5.82 Å².